The van der Waals surface area contributed by atoms with Crippen LogP contribution >= 0.6 is 15.9 Å². The molecule has 0 fully saturated rings. The Morgan fingerprint density at radius 1 is 1.20 bits per heavy atom. The Labute approximate surface area is 127 Å². The first-order valence-electron chi connectivity index (χ1n) is 6.52. The summed E-state index contributed by atoms with van der Waals surface area (Å²) in [4.78, 5) is 16.0. The highest BCUT2D eigenvalue weighted by Crippen LogP contribution is 2.13. The summed E-state index contributed by atoms with van der Waals surface area (Å²) in [5.74, 6) is 0.566. The molecule has 1 N–H and O–H groups in total. The second kappa shape index (κ2) is 6.66. The van der Waals surface area contributed by atoms with Gasteiger partial charge < -0.3 is 5.32 Å². The number of pyridine rings is 1. The van der Waals surface area contributed by atoms with Gasteiger partial charge in [0.05, 0.1) is 0 Å². The van der Waals surface area contributed by atoms with Crippen molar-refractivity contribution in [1.82, 2.24) is 4.98 Å². The second-order valence-electron chi connectivity index (χ2n) is 4.83. The van der Waals surface area contributed by atoms with E-state index < -0.39 is 0 Å². The number of carbonyl (C=O) groups excluding carboxylic acids is 1. The molecule has 0 aliphatic carbocycles. The van der Waals surface area contributed by atoms with E-state index >= 15 is 0 Å². The van der Waals surface area contributed by atoms with E-state index in [1.165, 1.54) is 16.7 Å². The van der Waals surface area contributed by atoms with Gasteiger partial charge in [0.15, 0.2) is 0 Å². The molecule has 0 aliphatic heterocycles. The molecule has 0 bridgehead atoms. The molecule has 4 heteroatoms. The summed E-state index contributed by atoms with van der Waals surface area (Å²) >= 11 is 3.31. The minimum atomic E-state index is -0.0157. The van der Waals surface area contributed by atoms with Crippen molar-refractivity contribution in [2.75, 3.05) is 5.32 Å². The van der Waals surface area contributed by atoms with Crippen molar-refractivity contribution in [3.05, 3.63) is 57.7 Å². The Bertz CT molecular complexity index is 608. The number of nitrogens with one attached hydrogen (secondary N) is 1. The van der Waals surface area contributed by atoms with Crippen LogP contribution in [0.4, 0.5) is 5.82 Å². The van der Waals surface area contributed by atoms with E-state index in [9.17, 15) is 4.79 Å². The van der Waals surface area contributed by atoms with Crippen LogP contribution in [-0.4, -0.2) is 10.9 Å². The molecule has 104 valence electrons. The van der Waals surface area contributed by atoms with Crippen LogP contribution in [0.5, 0.6) is 0 Å². The van der Waals surface area contributed by atoms with Crippen molar-refractivity contribution in [3.63, 3.8) is 0 Å². The molecule has 0 saturated heterocycles. The van der Waals surface area contributed by atoms with Crippen molar-refractivity contribution in [3.8, 4) is 0 Å². The fraction of sp³-hybridized carbons (Fsp3) is 0.250. The first kappa shape index (κ1) is 14.7. The molecule has 0 atom stereocenters. The highest BCUT2D eigenvalue weighted by Gasteiger charge is 2.04. The predicted molar refractivity (Wildman–Crippen MR) is 84.8 cm³/mol. The summed E-state index contributed by atoms with van der Waals surface area (Å²) in [6.45, 7) is 4.18. The zero-order valence-corrected chi connectivity index (χ0v) is 13.2. The van der Waals surface area contributed by atoms with E-state index in [0.29, 0.717) is 12.2 Å². The third-order valence-corrected chi connectivity index (χ3v) is 3.68. The lowest BCUT2D eigenvalue weighted by Gasteiger charge is -2.06. The summed E-state index contributed by atoms with van der Waals surface area (Å²) < 4.78 is 0.894. The lowest BCUT2D eigenvalue weighted by atomic mass is 10.0. The van der Waals surface area contributed by atoms with Gasteiger partial charge in [-0.05, 0) is 65.0 Å². The van der Waals surface area contributed by atoms with Gasteiger partial charge in [-0.15, -0.1) is 0 Å². The van der Waals surface area contributed by atoms with Gasteiger partial charge in [0.1, 0.15) is 5.82 Å². The smallest absolute Gasteiger partial charge is 0.225 e. The number of rotatable bonds is 4. The van der Waals surface area contributed by atoms with Crippen LogP contribution in [0, 0.1) is 13.8 Å². The number of amides is 1. The van der Waals surface area contributed by atoms with E-state index in [4.69, 9.17) is 0 Å². The summed E-state index contributed by atoms with van der Waals surface area (Å²) in [6.07, 6.45) is 2.86. The van der Waals surface area contributed by atoms with Gasteiger partial charge in [0, 0.05) is 17.1 Å². The number of benzene rings is 1. The molecule has 0 radical (unpaired) electrons. The molecule has 1 heterocycles. The number of hydrogen-bond donors (Lipinski definition) is 1. The first-order chi connectivity index (χ1) is 9.54. The lowest BCUT2D eigenvalue weighted by Crippen LogP contribution is -2.13. The van der Waals surface area contributed by atoms with Crippen LogP contribution < -0.4 is 5.32 Å². The normalized spacial score (nSPS) is 10.3. The van der Waals surface area contributed by atoms with E-state index in [-0.39, 0.29) is 5.91 Å². The van der Waals surface area contributed by atoms with Crippen LogP contribution in [-0.2, 0) is 11.2 Å². The Kier molecular flexibility index (Phi) is 4.90. The highest BCUT2D eigenvalue weighted by molar-refractivity contribution is 9.10. The molecule has 0 unspecified atom stereocenters. The largest absolute Gasteiger partial charge is 0.311 e. The molecular weight excluding hydrogens is 316 g/mol. The molecule has 3 nitrogen and oxygen atoms in total. The fourth-order valence-corrected chi connectivity index (χ4v) is 2.11. The number of hydrogen-bond acceptors (Lipinski definition) is 2. The average Bonchev–Trinajstić information content (AvgIpc) is 2.43. The quantitative estimate of drug-likeness (QED) is 0.918. The molecule has 0 aliphatic rings. The number of carbonyl (C=O) groups is 1. The van der Waals surface area contributed by atoms with Gasteiger partial charge in [0.2, 0.25) is 5.91 Å². The molecule has 1 aromatic carbocycles. The molecule has 0 spiro atoms. The standard InChI is InChI=1S/C16H17BrN2O/c1-11-3-4-13(9-12(11)2)5-8-16(20)19-15-7-6-14(17)10-18-15/h3-4,6-7,9-10H,5,8H2,1-2H3,(H,18,19,20). The number of anilines is 1. The van der Waals surface area contributed by atoms with Crippen molar-refractivity contribution >= 4 is 27.7 Å². The summed E-state index contributed by atoms with van der Waals surface area (Å²) in [7, 11) is 0. The number of aryl methyl sites for hydroxylation is 3. The number of halogens is 1. The van der Waals surface area contributed by atoms with Gasteiger partial charge in [-0.3, -0.25) is 4.79 Å². The van der Waals surface area contributed by atoms with Crippen molar-refractivity contribution in [1.29, 1.82) is 0 Å². The van der Waals surface area contributed by atoms with Crippen LogP contribution in [0.15, 0.2) is 41.0 Å². The van der Waals surface area contributed by atoms with E-state index in [1.807, 2.05) is 6.07 Å². The van der Waals surface area contributed by atoms with Crippen LogP contribution in [0.3, 0.4) is 0 Å². The third-order valence-electron chi connectivity index (χ3n) is 3.21. The van der Waals surface area contributed by atoms with Gasteiger partial charge >= 0.3 is 0 Å². The molecule has 2 aromatic rings. The molecule has 1 aromatic heterocycles. The first-order valence-corrected chi connectivity index (χ1v) is 7.31. The summed E-state index contributed by atoms with van der Waals surface area (Å²) in [6, 6.07) is 9.94. The Balaban J connectivity index is 1.88. The van der Waals surface area contributed by atoms with Crippen LogP contribution in [0.1, 0.15) is 23.1 Å². The molecule has 2 rings (SSSR count). The highest BCUT2D eigenvalue weighted by atomic mass is 79.9. The van der Waals surface area contributed by atoms with Crippen LogP contribution in [0.25, 0.3) is 0 Å². The minimum absolute atomic E-state index is 0.0157. The second-order valence-corrected chi connectivity index (χ2v) is 5.74. The van der Waals surface area contributed by atoms with Crippen molar-refractivity contribution in [2.45, 2.75) is 26.7 Å². The third kappa shape index (κ3) is 4.17. The zero-order chi connectivity index (χ0) is 14.5. The van der Waals surface area contributed by atoms with E-state index in [0.717, 1.165) is 10.9 Å². The van der Waals surface area contributed by atoms with E-state index in [1.54, 1.807) is 12.3 Å². The number of aromatic nitrogens is 1. The maximum absolute atomic E-state index is 11.9. The fourth-order valence-electron chi connectivity index (χ4n) is 1.87. The average molecular weight is 333 g/mol. The van der Waals surface area contributed by atoms with E-state index in [2.05, 4.69) is 58.3 Å². The van der Waals surface area contributed by atoms with Gasteiger partial charge in [0.25, 0.3) is 0 Å². The maximum atomic E-state index is 11.9. The SMILES string of the molecule is Cc1ccc(CCC(=O)Nc2ccc(Br)cn2)cc1C. The predicted octanol–water partition coefficient (Wildman–Crippen LogP) is 4.03. The minimum Gasteiger partial charge on any atom is -0.311 e. The molecule has 1 amide bonds. The zero-order valence-electron chi connectivity index (χ0n) is 11.6. The topological polar surface area (TPSA) is 42.0 Å². The van der Waals surface area contributed by atoms with Crippen molar-refractivity contribution in [2.24, 2.45) is 0 Å². The Hall–Kier alpha value is -1.68. The Morgan fingerprint density at radius 2 is 2.00 bits per heavy atom. The summed E-state index contributed by atoms with van der Waals surface area (Å²) in [5.41, 5.74) is 3.72. The Morgan fingerprint density at radius 3 is 2.65 bits per heavy atom. The maximum Gasteiger partial charge on any atom is 0.225 e. The van der Waals surface area contributed by atoms with Crippen LogP contribution in [0.2, 0.25) is 0 Å². The summed E-state index contributed by atoms with van der Waals surface area (Å²) in [5, 5.41) is 2.79. The van der Waals surface area contributed by atoms with Gasteiger partial charge in [-0.2, -0.15) is 0 Å². The lowest BCUT2D eigenvalue weighted by molar-refractivity contribution is -0.116. The van der Waals surface area contributed by atoms with Crippen molar-refractivity contribution < 1.29 is 4.79 Å². The number of nitrogens with zero attached hydrogens (tertiary/aromatic N) is 1. The molecular formula is C16H17BrN2O. The van der Waals surface area contributed by atoms with Gasteiger partial charge in [-0.25, -0.2) is 4.98 Å². The monoisotopic (exact) mass is 332 g/mol. The molecule has 0 saturated carbocycles. The van der Waals surface area contributed by atoms with Gasteiger partial charge in [-0.1, -0.05) is 18.2 Å². The molecule has 20 heavy (non-hydrogen) atoms.